The maximum absolute atomic E-state index is 12.5. The molecule has 0 aliphatic heterocycles. The number of benzene rings is 1. The monoisotopic (exact) mass is 280 g/mol. The molecule has 0 unspecified atom stereocenters. The van der Waals surface area contributed by atoms with E-state index >= 15 is 0 Å². The Hall–Kier alpha value is -0.940. The molecule has 0 fully saturated rings. The van der Waals surface area contributed by atoms with E-state index in [1.54, 1.807) is 32.2 Å². The standard InChI is InChI=1S/C12H16ClF3N2/c1-3-18(8-12(14,15)16)11-6-4-5-10(13)9(11)7-17-2/h4-6,17H,3,7-8H2,1-2H3. The third kappa shape index (κ3) is 4.07. The molecular formula is C12H16ClF3N2. The van der Waals surface area contributed by atoms with Crippen LogP contribution in [-0.4, -0.2) is 26.3 Å². The number of halogens is 4. The van der Waals surface area contributed by atoms with Crippen molar-refractivity contribution < 1.29 is 13.2 Å². The molecule has 0 aromatic heterocycles. The second-order valence-corrected chi connectivity index (χ2v) is 4.30. The molecule has 0 spiro atoms. The Morgan fingerprint density at radius 3 is 2.50 bits per heavy atom. The number of alkyl halides is 3. The Labute approximate surface area is 110 Å². The summed E-state index contributed by atoms with van der Waals surface area (Å²) in [5.74, 6) is 0. The Kier molecular flexibility index (Phi) is 5.28. The van der Waals surface area contributed by atoms with Crippen LogP contribution in [-0.2, 0) is 6.54 Å². The summed E-state index contributed by atoms with van der Waals surface area (Å²) >= 11 is 6.03. The maximum Gasteiger partial charge on any atom is 0.405 e. The zero-order valence-electron chi connectivity index (χ0n) is 10.3. The van der Waals surface area contributed by atoms with E-state index in [0.717, 1.165) is 0 Å². The fraction of sp³-hybridized carbons (Fsp3) is 0.500. The minimum atomic E-state index is -4.23. The number of nitrogens with one attached hydrogen (secondary N) is 1. The lowest BCUT2D eigenvalue weighted by Gasteiger charge is -2.27. The first-order valence-corrected chi connectivity index (χ1v) is 6.00. The molecule has 6 heteroatoms. The number of rotatable bonds is 5. The van der Waals surface area contributed by atoms with Crippen LogP contribution in [0.5, 0.6) is 0 Å². The predicted octanol–water partition coefficient (Wildman–Crippen LogP) is 3.45. The maximum atomic E-state index is 12.5. The van der Waals surface area contributed by atoms with Gasteiger partial charge in [-0.25, -0.2) is 0 Å². The van der Waals surface area contributed by atoms with Gasteiger partial charge in [0.25, 0.3) is 0 Å². The molecule has 1 N–H and O–H groups in total. The lowest BCUT2D eigenvalue weighted by molar-refractivity contribution is -0.119. The first kappa shape index (κ1) is 15.1. The van der Waals surface area contributed by atoms with Crippen molar-refractivity contribution in [2.75, 3.05) is 25.0 Å². The van der Waals surface area contributed by atoms with E-state index in [-0.39, 0.29) is 6.54 Å². The molecule has 0 aliphatic carbocycles. The van der Waals surface area contributed by atoms with Crippen LogP contribution in [0.2, 0.25) is 5.02 Å². The molecule has 0 radical (unpaired) electrons. The molecule has 1 aromatic rings. The molecule has 1 rings (SSSR count). The summed E-state index contributed by atoms with van der Waals surface area (Å²) in [6, 6.07) is 5.00. The minimum absolute atomic E-state index is 0.274. The van der Waals surface area contributed by atoms with Gasteiger partial charge in [-0.2, -0.15) is 13.2 Å². The van der Waals surface area contributed by atoms with Crippen molar-refractivity contribution in [2.45, 2.75) is 19.6 Å². The fourth-order valence-electron chi connectivity index (χ4n) is 1.78. The van der Waals surface area contributed by atoms with Gasteiger partial charge in [-0.1, -0.05) is 17.7 Å². The number of anilines is 1. The fourth-order valence-corrected chi connectivity index (χ4v) is 2.02. The van der Waals surface area contributed by atoms with E-state index in [2.05, 4.69) is 5.32 Å². The van der Waals surface area contributed by atoms with Crippen molar-refractivity contribution in [3.8, 4) is 0 Å². The van der Waals surface area contributed by atoms with E-state index in [1.807, 2.05) is 0 Å². The van der Waals surface area contributed by atoms with E-state index < -0.39 is 12.7 Å². The Bertz CT molecular complexity index is 393. The molecule has 1 aromatic carbocycles. The van der Waals surface area contributed by atoms with Gasteiger partial charge >= 0.3 is 6.18 Å². The highest BCUT2D eigenvalue weighted by Gasteiger charge is 2.31. The summed E-state index contributed by atoms with van der Waals surface area (Å²) in [7, 11) is 1.73. The van der Waals surface area contributed by atoms with Gasteiger partial charge in [0.1, 0.15) is 6.54 Å². The molecule has 0 saturated carbocycles. The van der Waals surface area contributed by atoms with Gasteiger partial charge in [-0.05, 0) is 26.1 Å². The molecule has 0 atom stereocenters. The highest BCUT2D eigenvalue weighted by molar-refractivity contribution is 6.31. The van der Waals surface area contributed by atoms with Crippen molar-refractivity contribution in [1.82, 2.24) is 5.32 Å². The zero-order chi connectivity index (χ0) is 13.8. The Morgan fingerprint density at radius 2 is 2.00 bits per heavy atom. The molecule has 102 valence electrons. The lowest BCUT2D eigenvalue weighted by Crippen LogP contribution is -2.35. The van der Waals surface area contributed by atoms with Crippen LogP contribution in [0.3, 0.4) is 0 Å². The first-order valence-electron chi connectivity index (χ1n) is 5.62. The second kappa shape index (κ2) is 6.29. The molecule has 0 heterocycles. The summed E-state index contributed by atoms with van der Waals surface area (Å²) < 4.78 is 37.5. The molecular weight excluding hydrogens is 265 g/mol. The highest BCUT2D eigenvalue weighted by Crippen LogP contribution is 2.29. The SMILES string of the molecule is CCN(CC(F)(F)F)c1cccc(Cl)c1CNC. The highest BCUT2D eigenvalue weighted by atomic mass is 35.5. The summed E-state index contributed by atoms with van der Waals surface area (Å²) in [5, 5.41) is 3.39. The van der Waals surface area contributed by atoms with Crippen LogP contribution in [0.25, 0.3) is 0 Å². The molecule has 0 saturated heterocycles. The van der Waals surface area contributed by atoms with E-state index in [0.29, 0.717) is 22.8 Å². The third-order valence-corrected chi connectivity index (χ3v) is 2.89. The van der Waals surface area contributed by atoms with E-state index in [9.17, 15) is 13.2 Å². The predicted molar refractivity (Wildman–Crippen MR) is 68.2 cm³/mol. The van der Waals surface area contributed by atoms with Gasteiger partial charge in [0, 0.05) is 29.4 Å². The van der Waals surface area contributed by atoms with Crippen LogP contribution in [0.4, 0.5) is 18.9 Å². The normalized spacial score (nSPS) is 11.7. The van der Waals surface area contributed by atoms with Gasteiger partial charge in [-0.3, -0.25) is 0 Å². The van der Waals surface area contributed by atoms with Crippen molar-refractivity contribution in [1.29, 1.82) is 0 Å². The van der Waals surface area contributed by atoms with Crippen molar-refractivity contribution in [3.63, 3.8) is 0 Å². The largest absolute Gasteiger partial charge is 0.405 e. The summed E-state index contributed by atoms with van der Waals surface area (Å²) in [6.45, 7) is 1.43. The Balaban J connectivity index is 3.08. The van der Waals surface area contributed by atoms with Crippen LogP contribution in [0, 0.1) is 0 Å². The number of nitrogens with zero attached hydrogens (tertiary/aromatic N) is 1. The summed E-state index contributed by atoms with van der Waals surface area (Å²) in [5.41, 5.74) is 1.21. The van der Waals surface area contributed by atoms with Crippen LogP contribution >= 0.6 is 11.6 Å². The van der Waals surface area contributed by atoms with E-state index in [1.165, 1.54) is 4.90 Å². The molecule has 0 amide bonds. The zero-order valence-corrected chi connectivity index (χ0v) is 11.1. The summed E-state index contributed by atoms with van der Waals surface area (Å²) in [6.07, 6.45) is -4.23. The van der Waals surface area contributed by atoms with Crippen molar-refractivity contribution in [2.24, 2.45) is 0 Å². The average molecular weight is 281 g/mol. The number of hydrogen-bond acceptors (Lipinski definition) is 2. The molecule has 0 aliphatic rings. The number of hydrogen-bond donors (Lipinski definition) is 1. The van der Waals surface area contributed by atoms with E-state index in [4.69, 9.17) is 11.6 Å². The third-order valence-electron chi connectivity index (χ3n) is 2.54. The van der Waals surface area contributed by atoms with Crippen molar-refractivity contribution in [3.05, 3.63) is 28.8 Å². The first-order chi connectivity index (χ1) is 8.39. The molecule has 0 bridgehead atoms. The van der Waals surface area contributed by atoms with Gasteiger partial charge in [0.2, 0.25) is 0 Å². The quantitative estimate of drug-likeness (QED) is 0.889. The summed E-state index contributed by atoms with van der Waals surface area (Å²) in [4.78, 5) is 1.28. The average Bonchev–Trinajstić information content (AvgIpc) is 2.28. The van der Waals surface area contributed by atoms with Gasteiger partial charge in [0.15, 0.2) is 0 Å². The van der Waals surface area contributed by atoms with Crippen LogP contribution < -0.4 is 10.2 Å². The van der Waals surface area contributed by atoms with Gasteiger partial charge in [0.05, 0.1) is 0 Å². The minimum Gasteiger partial charge on any atom is -0.363 e. The second-order valence-electron chi connectivity index (χ2n) is 3.90. The molecule has 18 heavy (non-hydrogen) atoms. The van der Waals surface area contributed by atoms with Gasteiger partial charge < -0.3 is 10.2 Å². The molecule has 2 nitrogen and oxygen atoms in total. The topological polar surface area (TPSA) is 15.3 Å². The smallest absolute Gasteiger partial charge is 0.363 e. The van der Waals surface area contributed by atoms with Gasteiger partial charge in [-0.15, -0.1) is 0 Å². The lowest BCUT2D eigenvalue weighted by atomic mass is 10.1. The van der Waals surface area contributed by atoms with Crippen LogP contribution in [0.15, 0.2) is 18.2 Å². The van der Waals surface area contributed by atoms with Crippen LogP contribution in [0.1, 0.15) is 12.5 Å². The van der Waals surface area contributed by atoms with Crippen molar-refractivity contribution >= 4 is 17.3 Å². The Morgan fingerprint density at radius 1 is 1.33 bits per heavy atom.